The first-order valence-corrected chi connectivity index (χ1v) is 8.69. The van der Waals surface area contributed by atoms with E-state index in [2.05, 4.69) is 15.5 Å². The maximum Gasteiger partial charge on any atom is 0.267 e. The molecule has 1 aliphatic rings. The van der Waals surface area contributed by atoms with Crippen molar-refractivity contribution in [3.8, 4) is 0 Å². The summed E-state index contributed by atoms with van der Waals surface area (Å²) in [4.78, 5) is 29.2. The van der Waals surface area contributed by atoms with Gasteiger partial charge < -0.3 is 9.84 Å². The first kappa shape index (κ1) is 16.7. The molecule has 1 fully saturated rings. The van der Waals surface area contributed by atoms with E-state index in [-0.39, 0.29) is 29.8 Å². The van der Waals surface area contributed by atoms with Crippen LogP contribution in [0.2, 0.25) is 0 Å². The molecule has 24 heavy (non-hydrogen) atoms. The minimum absolute atomic E-state index is 0.0191. The molecule has 1 amide bonds. The van der Waals surface area contributed by atoms with Crippen LogP contribution in [0.15, 0.2) is 9.32 Å². The van der Waals surface area contributed by atoms with Crippen LogP contribution in [0.1, 0.15) is 56.5 Å². The fraction of sp³-hybridized carbons (Fsp3) is 0.647. The lowest BCUT2D eigenvalue weighted by Crippen LogP contribution is -2.40. The number of hydrogen-bond acceptors (Lipinski definition) is 5. The Morgan fingerprint density at radius 2 is 1.88 bits per heavy atom. The smallest absolute Gasteiger partial charge is 0.267 e. The third-order valence-corrected chi connectivity index (χ3v) is 4.73. The van der Waals surface area contributed by atoms with Crippen molar-refractivity contribution in [2.24, 2.45) is 0 Å². The third kappa shape index (κ3) is 3.49. The summed E-state index contributed by atoms with van der Waals surface area (Å²) in [5, 5.41) is 7.21. The van der Waals surface area contributed by atoms with Gasteiger partial charge in [0, 0.05) is 6.04 Å². The Hall–Kier alpha value is -2.18. The number of nitrogens with zero attached hydrogens (tertiary/aromatic N) is 3. The molecule has 1 saturated carbocycles. The van der Waals surface area contributed by atoms with Gasteiger partial charge in [-0.15, -0.1) is 0 Å². The summed E-state index contributed by atoms with van der Waals surface area (Å²) >= 11 is 0. The van der Waals surface area contributed by atoms with Crippen molar-refractivity contribution in [3.05, 3.63) is 21.9 Å². The Morgan fingerprint density at radius 3 is 2.58 bits per heavy atom. The minimum Gasteiger partial charge on any atom is -0.352 e. The third-order valence-electron chi connectivity index (χ3n) is 4.73. The van der Waals surface area contributed by atoms with Gasteiger partial charge in [-0.05, 0) is 26.7 Å². The van der Waals surface area contributed by atoms with Crippen molar-refractivity contribution in [1.29, 1.82) is 0 Å². The first-order valence-electron chi connectivity index (χ1n) is 8.69. The molecule has 1 aliphatic carbocycles. The minimum atomic E-state index is -0.274. The molecule has 0 bridgehead atoms. The summed E-state index contributed by atoms with van der Waals surface area (Å²) in [7, 11) is 0. The van der Waals surface area contributed by atoms with Crippen LogP contribution in [0.4, 0.5) is 0 Å². The van der Waals surface area contributed by atoms with Gasteiger partial charge in [-0.25, -0.2) is 0 Å². The van der Waals surface area contributed by atoms with E-state index in [1.54, 1.807) is 13.8 Å². The molecule has 2 aromatic heterocycles. The van der Waals surface area contributed by atoms with Gasteiger partial charge in [0.05, 0.1) is 5.69 Å². The van der Waals surface area contributed by atoms with E-state index >= 15 is 0 Å². The number of carbonyl (C=O) groups excluding carboxylic acids is 1. The molecule has 0 radical (unpaired) electrons. The Labute approximate surface area is 140 Å². The van der Waals surface area contributed by atoms with E-state index in [4.69, 9.17) is 4.52 Å². The van der Waals surface area contributed by atoms with Crippen LogP contribution in [0.25, 0.3) is 11.1 Å². The number of hydrogen-bond donors (Lipinski definition) is 1. The summed E-state index contributed by atoms with van der Waals surface area (Å²) in [5.74, 6) is 0.317. The molecule has 0 saturated heterocycles. The fourth-order valence-corrected chi connectivity index (χ4v) is 3.37. The van der Waals surface area contributed by atoms with Gasteiger partial charge >= 0.3 is 0 Å². The standard InChI is InChI=1S/C17H24N4O3/c1-11-15-16(24-20-11)18-12(2)21(17(15)23)10-14(22)19-13-8-6-4-3-5-7-9-13/h13H,3-10H2,1-2H3,(H,19,22). The van der Waals surface area contributed by atoms with Crippen LogP contribution in [0, 0.1) is 13.8 Å². The summed E-state index contributed by atoms with van der Waals surface area (Å²) in [6, 6.07) is 0.211. The largest absolute Gasteiger partial charge is 0.352 e. The molecular weight excluding hydrogens is 308 g/mol. The van der Waals surface area contributed by atoms with Crippen molar-refractivity contribution < 1.29 is 9.32 Å². The molecule has 0 spiro atoms. The number of aromatic nitrogens is 3. The average Bonchev–Trinajstić information content (AvgIpc) is 2.87. The average molecular weight is 332 g/mol. The Morgan fingerprint density at radius 1 is 1.21 bits per heavy atom. The molecule has 0 unspecified atom stereocenters. The Kier molecular flexibility index (Phi) is 4.97. The highest BCUT2D eigenvalue weighted by Crippen LogP contribution is 2.17. The maximum atomic E-state index is 12.6. The van der Waals surface area contributed by atoms with E-state index in [1.807, 2.05) is 0 Å². The normalized spacial score (nSPS) is 16.8. The molecule has 3 rings (SSSR count). The number of aryl methyl sites for hydroxylation is 2. The van der Waals surface area contributed by atoms with Crippen molar-refractivity contribution in [3.63, 3.8) is 0 Å². The molecule has 0 aromatic carbocycles. The van der Waals surface area contributed by atoms with E-state index in [9.17, 15) is 9.59 Å². The van der Waals surface area contributed by atoms with Gasteiger partial charge in [0.25, 0.3) is 11.3 Å². The quantitative estimate of drug-likeness (QED) is 0.931. The van der Waals surface area contributed by atoms with Crippen molar-refractivity contribution in [2.75, 3.05) is 0 Å². The summed E-state index contributed by atoms with van der Waals surface area (Å²) in [6.07, 6.45) is 8.09. The molecule has 7 heteroatoms. The Bertz CT molecular complexity index is 785. The second-order valence-electron chi connectivity index (χ2n) is 6.61. The maximum absolute atomic E-state index is 12.6. The molecule has 0 aliphatic heterocycles. The molecule has 7 nitrogen and oxygen atoms in total. The number of fused-ring (bicyclic) bond motifs is 1. The molecule has 1 N–H and O–H groups in total. The zero-order chi connectivity index (χ0) is 17.1. The number of nitrogens with one attached hydrogen (secondary N) is 1. The number of amides is 1. The van der Waals surface area contributed by atoms with Crippen molar-refractivity contribution in [1.82, 2.24) is 20.0 Å². The summed E-state index contributed by atoms with van der Waals surface area (Å²) < 4.78 is 6.44. The SMILES string of the molecule is Cc1noc2nc(C)n(CC(=O)NC3CCCCCCC3)c(=O)c12. The summed E-state index contributed by atoms with van der Waals surface area (Å²) in [6.45, 7) is 3.37. The zero-order valence-electron chi connectivity index (χ0n) is 14.3. The van der Waals surface area contributed by atoms with E-state index in [0.29, 0.717) is 16.9 Å². The Balaban J connectivity index is 1.75. The van der Waals surface area contributed by atoms with Crippen LogP contribution in [-0.4, -0.2) is 26.7 Å². The molecule has 130 valence electrons. The molecular formula is C17H24N4O3. The molecule has 0 atom stereocenters. The van der Waals surface area contributed by atoms with Gasteiger partial charge in [-0.2, -0.15) is 4.98 Å². The predicted molar refractivity (Wildman–Crippen MR) is 89.8 cm³/mol. The van der Waals surface area contributed by atoms with Gasteiger partial charge in [-0.3, -0.25) is 14.2 Å². The second-order valence-corrected chi connectivity index (χ2v) is 6.61. The fourth-order valence-electron chi connectivity index (χ4n) is 3.37. The molecule has 2 heterocycles. The first-order chi connectivity index (χ1) is 11.6. The van der Waals surface area contributed by atoms with E-state index in [0.717, 1.165) is 25.7 Å². The van der Waals surface area contributed by atoms with Crippen LogP contribution >= 0.6 is 0 Å². The lowest BCUT2D eigenvalue weighted by Gasteiger charge is -2.21. The van der Waals surface area contributed by atoms with Gasteiger partial charge in [-0.1, -0.05) is 37.3 Å². The van der Waals surface area contributed by atoms with Gasteiger partial charge in [0.2, 0.25) is 5.91 Å². The van der Waals surface area contributed by atoms with Crippen LogP contribution < -0.4 is 10.9 Å². The van der Waals surface area contributed by atoms with Gasteiger partial charge in [0.15, 0.2) is 0 Å². The highest BCUT2D eigenvalue weighted by molar-refractivity contribution is 5.78. The molecule has 2 aromatic rings. The van der Waals surface area contributed by atoms with Crippen molar-refractivity contribution in [2.45, 2.75) is 71.4 Å². The van der Waals surface area contributed by atoms with E-state index < -0.39 is 0 Å². The van der Waals surface area contributed by atoms with Crippen molar-refractivity contribution >= 4 is 17.0 Å². The van der Waals surface area contributed by atoms with Crippen LogP contribution in [0.5, 0.6) is 0 Å². The van der Waals surface area contributed by atoms with E-state index in [1.165, 1.54) is 23.8 Å². The highest BCUT2D eigenvalue weighted by atomic mass is 16.5. The highest BCUT2D eigenvalue weighted by Gasteiger charge is 2.18. The van der Waals surface area contributed by atoms with Gasteiger partial charge in [0.1, 0.15) is 17.8 Å². The lowest BCUT2D eigenvalue weighted by atomic mass is 9.97. The number of rotatable bonds is 3. The topological polar surface area (TPSA) is 90.0 Å². The monoisotopic (exact) mass is 332 g/mol. The second kappa shape index (κ2) is 7.15. The zero-order valence-corrected chi connectivity index (χ0v) is 14.3. The lowest BCUT2D eigenvalue weighted by molar-refractivity contribution is -0.122. The predicted octanol–water partition coefficient (Wildman–Crippen LogP) is 2.23. The summed E-state index contributed by atoms with van der Waals surface area (Å²) in [5.41, 5.74) is 0.451. The number of carbonyl (C=O) groups is 1. The van der Waals surface area contributed by atoms with Crippen LogP contribution in [-0.2, 0) is 11.3 Å². The van der Waals surface area contributed by atoms with Crippen LogP contribution in [0.3, 0.4) is 0 Å².